The van der Waals surface area contributed by atoms with Gasteiger partial charge in [0.25, 0.3) is 0 Å². The van der Waals surface area contributed by atoms with Gasteiger partial charge in [-0.3, -0.25) is 14.5 Å². The van der Waals surface area contributed by atoms with Gasteiger partial charge in [0.1, 0.15) is 5.75 Å². The lowest BCUT2D eigenvalue weighted by molar-refractivity contribution is -0.148. The van der Waals surface area contributed by atoms with Crippen molar-refractivity contribution < 1.29 is 14.3 Å². The summed E-state index contributed by atoms with van der Waals surface area (Å²) in [6, 6.07) is 7.61. The lowest BCUT2D eigenvalue weighted by atomic mass is 10.1. The lowest BCUT2D eigenvalue weighted by Crippen LogP contribution is -2.41. The first kappa shape index (κ1) is 14.5. The van der Waals surface area contributed by atoms with Crippen molar-refractivity contribution in [1.82, 2.24) is 4.90 Å². The quantitative estimate of drug-likeness (QED) is 0.630. The largest absolute Gasteiger partial charge is 0.494 e. The summed E-state index contributed by atoms with van der Waals surface area (Å²) in [7, 11) is 0. The second-order valence-electron chi connectivity index (χ2n) is 4.85. The molecule has 1 aromatic rings. The van der Waals surface area contributed by atoms with Crippen molar-refractivity contribution >= 4 is 11.8 Å². The molecule has 5 nitrogen and oxygen atoms in total. The van der Waals surface area contributed by atoms with Crippen LogP contribution in [0.3, 0.4) is 0 Å². The van der Waals surface area contributed by atoms with E-state index in [0.29, 0.717) is 45.4 Å². The van der Waals surface area contributed by atoms with E-state index in [1.807, 2.05) is 24.3 Å². The van der Waals surface area contributed by atoms with Gasteiger partial charge in [0.15, 0.2) is 0 Å². The van der Waals surface area contributed by atoms with E-state index in [1.54, 1.807) is 0 Å². The molecule has 2 amide bonds. The molecule has 0 bridgehead atoms. The van der Waals surface area contributed by atoms with Crippen LogP contribution >= 0.6 is 0 Å². The van der Waals surface area contributed by atoms with Crippen LogP contribution in [0.5, 0.6) is 5.75 Å². The number of benzene rings is 1. The number of rotatable bonds is 6. The van der Waals surface area contributed by atoms with Crippen molar-refractivity contribution in [2.24, 2.45) is 5.73 Å². The third kappa shape index (κ3) is 3.81. The number of carbonyl (C=O) groups excluding carboxylic acids is 2. The summed E-state index contributed by atoms with van der Waals surface area (Å²) in [6.45, 7) is 1.40. The summed E-state index contributed by atoms with van der Waals surface area (Å²) < 4.78 is 5.61. The molecule has 1 fully saturated rings. The molecule has 0 unspecified atom stereocenters. The fourth-order valence-corrected chi connectivity index (χ4v) is 2.22. The second-order valence-corrected chi connectivity index (χ2v) is 4.85. The van der Waals surface area contributed by atoms with Gasteiger partial charge in [0, 0.05) is 25.9 Å². The Morgan fingerprint density at radius 1 is 1.20 bits per heavy atom. The fourth-order valence-electron chi connectivity index (χ4n) is 2.22. The minimum atomic E-state index is -0.0635. The first-order valence-corrected chi connectivity index (χ1v) is 6.95. The normalized spacial score (nSPS) is 15.6. The third-order valence-corrected chi connectivity index (χ3v) is 3.31. The Morgan fingerprint density at radius 3 is 2.65 bits per heavy atom. The highest BCUT2D eigenvalue weighted by molar-refractivity contribution is 5.97. The van der Waals surface area contributed by atoms with Crippen LogP contribution < -0.4 is 10.5 Å². The number of carbonyl (C=O) groups is 2. The summed E-state index contributed by atoms with van der Waals surface area (Å²) in [5.41, 5.74) is 6.58. The molecule has 2 N–H and O–H groups in total. The van der Waals surface area contributed by atoms with Crippen molar-refractivity contribution in [2.75, 3.05) is 13.2 Å². The molecule has 5 heteroatoms. The minimum Gasteiger partial charge on any atom is -0.494 e. The topological polar surface area (TPSA) is 72.6 Å². The zero-order valence-electron chi connectivity index (χ0n) is 11.5. The van der Waals surface area contributed by atoms with Gasteiger partial charge in [-0.1, -0.05) is 12.1 Å². The van der Waals surface area contributed by atoms with Gasteiger partial charge < -0.3 is 10.5 Å². The Morgan fingerprint density at radius 2 is 1.95 bits per heavy atom. The van der Waals surface area contributed by atoms with E-state index < -0.39 is 0 Å². The van der Waals surface area contributed by atoms with Crippen LogP contribution in [-0.4, -0.2) is 29.9 Å². The minimum absolute atomic E-state index is 0.0635. The summed E-state index contributed by atoms with van der Waals surface area (Å²) in [6.07, 6.45) is 2.27. The van der Waals surface area contributed by atoms with Crippen molar-refractivity contribution in [3.63, 3.8) is 0 Å². The van der Waals surface area contributed by atoms with Crippen molar-refractivity contribution in [1.29, 1.82) is 0 Å². The molecule has 0 aliphatic carbocycles. The standard InChI is InChI=1S/C15H20N2O3/c16-11-12-4-1-5-13(10-12)20-9-3-8-17-14(18)6-2-7-15(17)19/h1,4-5,10H,2-3,6-9,11,16H2. The number of likely N-dealkylation sites (tertiary alicyclic amines) is 1. The molecule has 1 heterocycles. The smallest absolute Gasteiger partial charge is 0.229 e. The zero-order valence-corrected chi connectivity index (χ0v) is 11.5. The first-order valence-electron chi connectivity index (χ1n) is 6.95. The molecule has 1 aromatic carbocycles. The van der Waals surface area contributed by atoms with Gasteiger partial charge in [-0.2, -0.15) is 0 Å². The predicted molar refractivity (Wildman–Crippen MR) is 75.0 cm³/mol. The number of amides is 2. The number of ether oxygens (including phenoxy) is 1. The van der Waals surface area contributed by atoms with Crippen LogP contribution in [0, 0.1) is 0 Å². The number of hydrogen-bond donors (Lipinski definition) is 1. The number of hydrogen-bond acceptors (Lipinski definition) is 4. The molecule has 1 saturated heterocycles. The molecule has 0 spiro atoms. The highest BCUT2D eigenvalue weighted by atomic mass is 16.5. The molecular formula is C15H20N2O3. The Balaban J connectivity index is 1.75. The monoisotopic (exact) mass is 276 g/mol. The summed E-state index contributed by atoms with van der Waals surface area (Å²) in [5.74, 6) is 0.641. The van der Waals surface area contributed by atoms with Gasteiger partial charge in [-0.05, 0) is 30.5 Å². The van der Waals surface area contributed by atoms with Crippen molar-refractivity contribution in [3.8, 4) is 5.75 Å². The molecular weight excluding hydrogens is 256 g/mol. The van der Waals surface area contributed by atoms with E-state index in [0.717, 1.165) is 11.3 Å². The average molecular weight is 276 g/mol. The van der Waals surface area contributed by atoms with E-state index >= 15 is 0 Å². The van der Waals surface area contributed by atoms with Crippen molar-refractivity contribution in [2.45, 2.75) is 32.2 Å². The molecule has 108 valence electrons. The SMILES string of the molecule is NCc1cccc(OCCCN2C(=O)CCCC2=O)c1. The molecule has 1 aliphatic heterocycles. The Labute approximate surface area is 118 Å². The van der Waals surface area contributed by atoms with E-state index in [-0.39, 0.29) is 11.8 Å². The van der Waals surface area contributed by atoms with Crippen LogP contribution in [0.2, 0.25) is 0 Å². The number of imide groups is 1. The fraction of sp³-hybridized carbons (Fsp3) is 0.467. The van der Waals surface area contributed by atoms with Gasteiger partial charge >= 0.3 is 0 Å². The van der Waals surface area contributed by atoms with Gasteiger partial charge in [-0.15, -0.1) is 0 Å². The summed E-state index contributed by atoms with van der Waals surface area (Å²) in [5, 5.41) is 0. The van der Waals surface area contributed by atoms with Crippen molar-refractivity contribution in [3.05, 3.63) is 29.8 Å². The molecule has 0 saturated carbocycles. The highest BCUT2D eigenvalue weighted by Crippen LogP contribution is 2.14. The zero-order chi connectivity index (χ0) is 14.4. The Kier molecular flexibility index (Phi) is 5.12. The molecule has 1 aliphatic rings. The number of piperidine rings is 1. The number of nitrogens with two attached hydrogens (primary N) is 1. The van der Waals surface area contributed by atoms with E-state index in [2.05, 4.69) is 0 Å². The second kappa shape index (κ2) is 7.05. The number of nitrogens with zero attached hydrogens (tertiary/aromatic N) is 1. The van der Waals surface area contributed by atoms with Crippen LogP contribution in [0.25, 0.3) is 0 Å². The maximum atomic E-state index is 11.6. The predicted octanol–water partition coefficient (Wildman–Crippen LogP) is 1.45. The maximum Gasteiger partial charge on any atom is 0.229 e. The summed E-state index contributed by atoms with van der Waals surface area (Å²) in [4.78, 5) is 24.6. The van der Waals surface area contributed by atoms with Crippen LogP contribution in [0.15, 0.2) is 24.3 Å². The van der Waals surface area contributed by atoms with E-state index in [4.69, 9.17) is 10.5 Å². The molecule has 0 aromatic heterocycles. The Bertz CT molecular complexity index is 472. The molecule has 0 radical (unpaired) electrons. The third-order valence-electron chi connectivity index (χ3n) is 3.31. The van der Waals surface area contributed by atoms with Gasteiger partial charge in [0.05, 0.1) is 6.61 Å². The Hall–Kier alpha value is -1.88. The van der Waals surface area contributed by atoms with Crippen LogP contribution in [0.1, 0.15) is 31.2 Å². The molecule has 2 rings (SSSR count). The highest BCUT2D eigenvalue weighted by Gasteiger charge is 2.24. The molecule has 20 heavy (non-hydrogen) atoms. The van der Waals surface area contributed by atoms with Crippen LogP contribution in [-0.2, 0) is 16.1 Å². The van der Waals surface area contributed by atoms with E-state index in [9.17, 15) is 9.59 Å². The van der Waals surface area contributed by atoms with Gasteiger partial charge in [-0.25, -0.2) is 0 Å². The van der Waals surface area contributed by atoms with Gasteiger partial charge in [0.2, 0.25) is 11.8 Å². The molecule has 0 atom stereocenters. The average Bonchev–Trinajstić information content (AvgIpc) is 2.46. The maximum absolute atomic E-state index is 11.6. The van der Waals surface area contributed by atoms with Crippen LogP contribution in [0.4, 0.5) is 0 Å². The first-order chi connectivity index (χ1) is 9.70. The van der Waals surface area contributed by atoms with E-state index in [1.165, 1.54) is 4.90 Å². The lowest BCUT2D eigenvalue weighted by Gasteiger charge is -2.24. The summed E-state index contributed by atoms with van der Waals surface area (Å²) >= 11 is 0.